The molecule has 2 aromatic rings. The van der Waals surface area contributed by atoms with Gasteiger partial charge in [-0.2, -0.15) is 9.90 Å². The highest BCUT2D eigenvalue weighted by molar-refractivity contribution is 5.86. The maximum Gasteiger partial charge on any atom is 0.360 e. The number of ether oxygens (including phenoxy) is 1. The molecule has 0 amide bonds. The van der Waals surface area contributed by atoms with Crippen LogP contribution in [0.15, 0.2) is 36.5 Å². The van der Waals surface area contributed by atoms with Gasteiger partial charge in [-0.3, -0.25) is 0 Å². The maximum atomic E-state index is 11.8. The summed E-state index contributed by atoms with van der Waals surface area (Å²) in [6.07, 6.45) is 2.58. The Balaban J connectivity index is 1.65. The largest absolute Gasteiger partial charge is 0.461 e. The fourth-order valence-electron chi connectivity index (χ4n) is 1.93. The number of rotatable bonds is 4. The van der Waals surface area contributed by atoms with Gasteiger partial charge >= 0.3 is 5.97 Å². The number of esters is 1. The van der Waals surface area contributed by atoms with Crippen LogP contribution in [-0.2, 0) is 4.74 Å². The van der Waals surface area contributed by atoms with Gasteiger partial charge in [-0.05, 0) is 30.4 Å². The summed E-state index contributed by atoms with van der Waals surface area (Å²) in [6, 6.07) is 9.46. The van der Waals surface area contributed by atoms with Crippen LogP contribution in [0.25, 0.3) is 5.69 Å². The zero-order chi connectivity index (χ0) is 13.2. The van der Waals surface area contributed by atoms with E-state index >= 15 is 0 Å². The van der Waals surface area contributed by atoms with E-state index in [1.807, 2.05) is 30.3 Å². The fourth-order valence-corrected chi connectivity index (χ4v) is 1.93. The molecule has 1 aromatic heterocycles. The molecule has 0 spiro atoms. The summed E-state index contributed by atoms with van der Waals surface area (Å²) < 4.78 is 5.22. The summed E-state index contributed by atoms with van der Waals surface area (Å²) >= 11 is 0. The van der Waals surface area contributed by atoms with Crippen molar-refractivity contribution in [3.63, 3.8) is 0 Å². The molecule has 1 heterocycles. The molecule has 1 saturated carbocycles. The minimum atomic E-state index is -0.402. The number of para-hydroxylation sites is 1. The van der Waals surface area contributed by atoms with Crippen LogP contribution in [0.2, 0.25) is 0 Å². The van der Waals surface area contributed by atoms with E-state index in [1.54, 1.807) is 0 Å². The van der Waals surface area contributed by atoms with Gasteiger partial charge in [0.2, 0.25) is 0 Å². The lowest BCUT2D eigenvalue weighted by molar-refractivity contribution is 0.0474. The van der Waals surface area contributed by atoms with E-state index in [2.05, 4.69) is 17.1 Å². The summed E-state index contributed by atoms with van der Waals surface area (Å²) in [7, 11) is 0. The van der Waals surface area contributed by atoms with Crippen LogP contribution in [-0.4, -0.2) is 27.6 Å². The third-order valence-corrected chi connectivity index (χ3v) is 3.39. The molecule has 98 valence electrons. The van der Waals surface area contributed by atoms with Gasteiger partial charge in [-0.25, -0.2) is 4.79 Å². The van der Waals surface area contributed by atoms with E-state index in [1.165, 1.54) is 11.0 Å². The number of nitrogens with zero attached hydrogens (tertiary/aromatic N) is 3. The standard InChI is InChI=1S/C14H15N3O2/c1-10-7-11(10)9-19-14(18)13-8-15-17(16-13)12-5-3-2-4-6-12/h2-6,8,10-11H,7,9H2,1H3. The quantitative estimate of drug-likeness (QED) is 0.787. The molecule has 1 aliphatic carbocycles. The van der Waals surface area contributed by atoms with E-state index in [9.17, 15) is 4.79 Å². The highest BCUT2D eigenvalue weighted by atomic mass is 16.5. The smallest absolute Gasteiger partial charge is 0.360 e. The van der Waals surface area contributed by atoms with Crippen molar-refractivity contribution < 1.29 is 9.53 Å². The number of aromatic nitrogens is 3. The minimum Gasteiger partial charge on any atom is -0.461 e. The third kappa shape index (κ3) is 2.65. The molecule has 3 rings (SSSR count). The van der Waals surface area contributed by atoms with E-state index in [0.29, 0.717) is 18.4 Å². The molecule has 2 atom stereocenters. The Morgan fingerprint density at radius 2 is 2.16 bits per heavy atom. The van der Waals surface area contributed by atoms with E-state index in [0.717, 1.165) is 12.1 Å². The minimum absolute atomic E-state index is 0.247. The van der Waals surface area contributed by atoms with Crippen molar-refractivity contribution in [2.45, 2.75) is 13.3 Å². The van der Waals surface area contributed by atoms with Gasteiger partial charge in [0, 0.05) is 0 Å². The summed E-state index contributed by atoms with van der Waals surface area (Å²) in [5, 5.41) is 8.20. The first kappa shape index (κ1) is 11.9. The molecular weight excluding hydrogens is 242 g/mol. The SMILES string of the molecule is CC1CC1COC(=O)c1cnn(-c2ccccc2)n1. The second-order valence-corrected chi connectivity index (χ2v) is 4.93. The van der Waals surface area contributed by atoms with Crippen molar-refractivity contribution in [3.8, 4) is 5.69 Å². The van der Waals surface area contributed by atoms with Gasteiger partial charge in [0.1, 0.15) is 0 Å². The van der Waals surface area contributed by atoms with Gasteiger partial charge < -0.3 is 4.74 Å². The Hall–Kier alpha value is -2.17. The molecule has 2 unspecified atom stereocenters. The first-order valence-electron chi connectivity index (χ1n) is 6.39. The van der Waals surface area contributed by atoms with Gasteiger partial charge in [0.25, 0.3) is 0 Å². The average molecular weight is 257 g/mol. The lowest BCUT2D eigenvalue weighted by atomic mass is 10.3. The third-order valence-electron chi connectivity index (χ3n) is 3.39. The normalized spacial score (nSPS) is 21.1. The van der Waals surface area contributed by atoms with Crippen molar-refractivity contribution >= 4 is 5.97 Å². The number of carbonyl (C=O) groups excluding carboxylic acids is 1. The molecule has 1 aromatic carbocycles. The summed E-state index contributed by atoms with van der Waals surface area (Å²) in [4.78, 5) is 13.2. The lowest BCUT2D eigenvalue weighted by Gasteiger charge is -2.00. The van der Waals surface area contributed by atoms with Crippen LogP contribution < -0.4 is 0 Å². The topological polar surface area (TPSA) is 57.0 Å². The molecule has 0 saturated heterocycles. The van der Waals surface area contributed by atoms with E-state index in [-0.39, 0.29) is 5.69 Å². The highest BCUT2D eigenvalue weighted by Crippen LogP contribution is 2.37. The van der Waals surface area contributed by atoms with Gasteiger partial charge in [0.15, 0.2) is 5.69 Å². The van der Waals surface area contributed by atoms with Crippen molar-refractivity contribution in [2.75, 3.05) is 6.61 Å². The Labute approximate surface area is 111 Å². The molecule has 0 aliphatic heterocycles. The lowest BCUT2D eigenvalue weighted by Crippen LogP contribution is -2.09. The average Bonchev–Trinajstić information content (AvgIpc) is 2.94. The molecule has 0 radical (unpaired) electrons. The predicted molar refractivity (Wildman–Crippen MR) is 68.9 cm³/mol. The first-order chi connectivity index (χ1) is 9.24. The number of benzene rings is 1. The second-order valence-electron chi connectivity index (χ2n) is 4.93. The monoisotopic (exact) mass is 257 g/mol. The Morgan fingerprint density at radius 1 is 1.42 bits per heavy atom. The van der Waals surface area contributed by atoms with E-state index in [4.69, 9.17) is 4.74 Å². The molecule has 1 aliphatic rings. The zero-order valence-corrected chi connectivity index (χ0v) is 10.7. The zero-order valence-electron chi connectivity index (χ0n) is 10.7. The molecule has 5 nitrogen and oxygen atoms in total. The Kier molecular flexibility index (Phi) is 3.03. The van der Waals surface area contributed by atoms with Crippen LogP contribution in [0.5, 0.6) is 0 Å². The molecular formula is C14H15N3O2. The van der Waals surface area contributed by atoms with Crippen LogP contribution in [0.1, 0.15) is 23.8 Å². The van der Waals surface area contributed by atoms with Crippen LogP contribution in [0.3, 0.4) is 0 Å². The summed E-state index contributed by atoms with van der Waals surface area (Å²) in [5.74, 6) is 0.794. The van der Waals surface area contributed by atoms with Crippen molar-refractivity contribution in [1.82, 2.24) is 15.0 Å². The van der Waals surface area contributed by atoms with Crippen LogP contribution >= 0.6 is 0 Å². The van der Waals surface area contributed by atoms with Gasteiger partial charge in [-0.15, -0.1) is 5.10 Å². The van der Waals surface area contributed by atoms with Crippen LogP contribution in [0.4, 0.5) is 0 Å². The Morgan fingerprint density at radius 3 is 2.84 bits per heavy atom. The van der Waals surface area contributed by atoms with Crippen molar-refractivity contribution in [1.29, 1.82) is 0 Å². The molecule has 0 bridgehead atoms. The van der Waals surface area contributed by atoms with Crippen LogP contribution in [0, 0.1) is 11.8 Å². The van der Waals surface area contributed by atoms with E-state index < -0.39 is 5.97 Å². The summed E-state index contributed by atoms with van der Waals surface area (Å²) in [5.41, 5.74) is 1.06. The first-order valence-corrected chi connectivity index (χ1v) is 6.39. The molecule has 5 heteroatoms. The number of hydrogen-bond acceptors (Lipinski definition) is 4. The van der Waals surface area contributed by atoms with Gasteiger partial charge in [-0.1, -0.05) is 25.1 Å². The number of hydrogen-bond donors (Lipinski definition) is 0. The molecule has 0 N–H and O–H groups in total. The van der Waals surface area contributed by atoms with Crippen molar-refractivity contribution in [2.24, 2.45) is 11.8 Å². The summed E-state index contributed by atoms with van der Waals surface area (Å²) in [6.45, 7) is 2.64. The van der Waals surface area contributed by atoms with Crippen molar-refractivity contribution in [3.05, 3.63) is 42.2 Å². The predicted octanol–water partition coefficient (Wildman–Crippen LogP) is 2.08. The highest BCUT2D eigenvalue weighted by Gasteiger charge is 2.33. The number of carbonyl (C=O) groups is 1. The molecule has 19 heavy (non-hydrogen) atoms. The molecule has 1 fully saturated rings. The maximum absolute atomic E-state index is 11.8. The fraction of sp³-hybridized carbons (Fsp3) is 0.357. The van der Waals surface area contributed by atoms with Gasteiger partial charge in [0.05, 0.1) is 18.5 Å². The second kappa shape index (κ2) is 4.84. The Bertz CT molecular complexity index is 579.